The van der Waals surface area contributed by atoms with Gasteiger partial charge in [0, 0.05) is 24.3 Å². The maximum atomic E-state index is 8.93. The maximum absolute atomic E-state index is 8.93. The Morgan fingerprint density at radius 2 is 2.20 bits per heavy atom. The van der Waals surface area contributed by atoms with Crippen molar-refractivity contribution in [1.82, 2.24) is 9.55 Å². The summed E-state index contributed by atoms with van der Waals surface area (Å²) in [5.74, 6) is 0. The lowest BCUT2D eigenvalue weighted by molar-refractivity contribution is 0.790. The molecule has 0 spiro atoms. The molecule has 1 aromatic heterocycles. The van der Waals surface area contributed by atoms with Crippen LogP contribution in [-0.4, -0.2) is 9.55 Å². The lowest BCUT2D eigenvalue weighted by atomic mass is 10.2. The molecule has 1 heterocycles. The fraction of sp³-hybridized carbons (Fsp3) is 0.0909. The molecule has 15 heavy (non-hydrogen) atoms. The minimum Gasteiger partial charge on any atom is -0.329 e. The Hall–Kier alpha value is -1.73. The van der Waals surface area contributed by atoms with E-state index in [1.165, 1.54) is 11.8 Å². The summed E-state index contributed by atoms with van der Waals surface area (Å²) < 4.78 is 1.93. The Labute approximate surface area is 92.4 Å². The maximum Gasteiger partial charge on any atom is 0.172 e. The molecule has 0 fully saturated rings. The third kappa shape index (κ3) is 2.03. The SMILES string of the molecule is Cn1ccnc1Sc1ccccc1C#N. The summed E-state index contributed by atoms with van der Waals surface area (Å²) in [6.07, 6.45) is 3.63. The zero-order valence-electron chi connectivity index (χ0n) is 8.21. The van der Waals surface area contributed by atoms with E-state index in [1.807, 2.05) is 42.1 Å². The molecule has 0 aliphatic heterocycles. The van der Waals surface area contributed by atoms with Crippen molar-refractivity contribution in [3.63, 3.8) is 0 Å². The first-order valence-electron chi connectivity index (χ1n) is 4.45. The van der Waals surface area contributed by atoms with Crippen LogP contribution in [0, 0.1) is 11.3 Å². The van der Waals surface area contributed by atoms with Crippen molar-refractivity contribution in [2.24, 2.45) is 7.05 Å². The summed E-state index contributed by atoms with van der Waals surface area (Å²) in [4.78, 5) is 5.14. The second-order valence-electron chi connectivity index (χ2n) is 3.03. The number of nitrogens with zero attached hydrogens (tertiary/aromatic N) is 3. The van der Waals surface area contributed by atoms with Crippen LogP contribution in [0.15, 0.2) is 46.7 Å². The van der Waals surface area contributed by atoms with E-state index in [0.29, 0.717) is 5.56 Å². The zero-order chi connectivity index (χ0) is 10.7. The van der Waals surface area contributed by atoms with Gasteiger partial charge in [0.15, 0.2) is 5.16 Å². The molecule has 0 atom stereocenters. The Bertz CT molecular complexity index is 511. The van der Waals surface area contributed by atoms with Crippen molar-refractivity contribution in [3.05, 3.63) is 42.2 Å². The Kier molecular flexibility index (Phi) is 2.75. The normalized spacial score (nSPS) is 9.87. The van der Waals surface area contributed by atoms with E-state index in [4.69, 9.17) is 5.26 Å². The van der Waals surface area contributed by atoms with Crippen LogP contribution < -0.4 is 0 Å². The monoisotopic (exact) mass is 215 g/mol. The number of hydrogen-bond donors (Lipinski definition) is 0. The van der Waals surface area contributed by atoms with E-state index in [2.05, 4.69) is 11.1 Å². The molecule has 0 aliphatic rings. The van der Waals surface area contributed by atoms with Crippen molar-refractivity contribution < 1.29 is 0 Å². The summed E-state index contributed by atoms with van der Waals surface area (Å²) in [6, 6.07) is 9.69. The Balaban J connectivity index is 2.33. The fourth-order valence-electron chi connectivity index (χ4n) is 1.20. The molecular weight excluding hydrogens is 206 g/mol. The van der Waals surface area contributed by atoms with Gasteiger partial charge in [-0.1, -0.05) is 23.9 Å². The van der Waals surface area contributed by atoms with Crippen LogP contribution in [-0.2, 0) is 7.05 Å². The van der Waals surface area contributed by atoms with Gasteiger partial charge in [0.1, 0.15) is 6.07 Å². The van der Waals surface area contributed by atoms with Gasteiger partial charge in [-0.05, 0) is 12.1 Å². The molecule has 0 radical (unpaired) electrons. The largest absolute Gasteiger partial charge is 0.329 e. The molecule has 3 nitrogen and oxygen atoms in total. The van der Waals surface area contributed by atoms with E-state index < -0.39 is 0 Å². The van der Waals surface area contributed by atoms with Crippen molar-refractivity contribution in [1.29, 1.82) is 5.26 Å². The van der Waals surface area contributed by atoms with Crippen LogP contribution in [0.5, 0.6) is 0 Å². The van der Waals surface area contributed by atoms with E-state index in [1.54, 1.807) is 6.20 Å². The number of imidazole rings is 1. The number of nitriles is 1. The number of benzene rings is 1. The average Bonchev–Trinajstić information content (AvgIpc) is 2.65. The molecule has 0 amide bonds. The summed E-state index contributed by atoms with van der Waals surface area (Å²) in [7, 11) is 1.93. The van der Waals surface area contributed by atoms with E-state index in [-0.39, 0.29) is 0 Å². The van der Waals surface area contributed by atoms with E-state index in [9.17, 15) is 0 Å². The highest BCUT2D eigenvalue weighted by Crippen LogP contribution is 2.28. The topological polar surface area (TPSA) is 41.6 Å². The summed E-state index contributed by atoms with van der Waals surface area (Å²) in [5, 5.41) is 9.81. The molecule has 4 heteroatoms. The zero-order valence-corrected chi connectivity index (χ0v) is 9.03. The van der Waals surface area contributed by atoms with Crippen LogP contribution >= 0.6 is 11.8 Å². The van der Waals surface area contributed by atoms with Crippen LogP contribution in [0.1, 0.15) is 5.56 Å². The first-order chi connectivity index (χ1) is 7.31. The summed E-state index contributed by atoms with van der Waals surface area (Å²) in [5.41, 5.74) is 0.686. The molecule has 0 N–H and O–H groups in total. The standard InChI is InChI=1S/C11H9N3S/c1-14-7-6-13-11(14)15-10-5-3-2-4-9(10)8-12/h2-7H,1H3. The van der Waals surface area contributed by atoms with Gasteiger partial charge in [-0.2, -0.15) is 5.26 Å². The Morgan fingerprint density at radius 3 is 2.87 bits per heavy atom. The predicted octanol–water partition coefficient (Wildman–Crippen LogP) is 2.44. The van der Waals surface area contributed by atoms with Gasteiger partial charge in [-0.15, -0.1) is 0 Å². The molecular formula is C11H9N3S. The Morgan fingerprint density at radius 1 is 1.40 bits per heavy atom. The molecule has 0 aliphatic carbocycles. The fourth-order valence-corrected chi connectivity index (χ4v) is 2.08. The summed E-state index contributed by atoms with van der Waals surface area (Å²) >= 11 is 1.50. The number of aryl methyl sites for hydroxylation is 1. The number of rotatable bonds is 2. The molecule has 0 unspecified atom stereocenters. The highest BCUT2D eigenvalue weighted by atomic mass is 32.2. The minimum atomic E-state index is 0.686. The quantitative estimate of drug-likeness (QED) is 0.772. The van der Waals surface area contributed by atoms with Gasteiger partial charge >= 0.3 is 0 Å². The average molecular weight is 215 g/mol. The second-order valence-corrected chi connectivity index (χ2v) is 4.04. The second kappa shape index (κ2) is 4.20. The highest BCUT2D eigenvalue weighted by molar-refractivity contribution is 7.99. The van der Waals surface area contributed by atoms with E-state index >= 15 is 0 Å². The molecule has 2 aromatic rings. The van der Waals surface area contributed by atoms with E-state index in [0.717, 1.165) is 10.1 Å². The van der Waals surface area contributed by atoms with Gasteiger partial charge in [0.25, 0.3) is 0 Å². The van der Waals surface area contributed by atoms with Crippen LogP contribution in [0.25, 0.3) is 0 Å². The van der Waals surface area contributed by atoms with Gasteiger partial charge < -0.3 is 4.57 Å². The smallest absolute Gasteiger partial charge is 0.172 e. The first kappa shape index (κ1) is 9.81. The molecule has 0 saturated heterocycles. The van der Waals surface area contributed by atoms with Crippen LogP contribution in [0.3, 0.4) is 0 Å². The lowest BCUT2D eigenvalue weighted by Gasteiger charge is -2.02. The molecule has 2 rings (SSSR count). The van der Waals surface area contributed by atoms with Crippen molar-refractivity contribution in [2.75, 3.05) is 0 Å². The van der Waals surface area contributed by atoms with Gasteiger partial charge in [0.05, 0.1) is 5.56 Å². The van der Waals surface area contributed by atoms with Crippen molar-refractivity contribution in [3.8, 4) is 6.07 Å². The van der Waals surface area contributed by atoms with Crippen molar-refractivity contribution in [2.45, 2.75) is 10.1 Å². The third-order valence-electron chi connectivity index (χ3n) is 1.99. The van der Waals surface area contributed by atoms with Crippen LogP contribution in [0.4, 0.5) is 0 Å². The summed E-state index contributed by atoms with van der Waals surface area (Å²) in [6.45, 7) is 0. The molecule has 0 saturated carbocycles. The lowest BCUT2D eigenvalue weighted by Crippen LogP contribution is -1.89. The third-order valence-corrected chi connectivity index (χ3v) is 3.14. The molecule has 1 aromatic carbocycles. The molecule has 0 bridgehead atoms. The van der Waals surface area contributed by atoms with Gasteiger partial charge in [-0.3, -0.25) is 0 Å². The highest BCUT2D eigenvalue weighted by Gasteiger charge is 2.05. The van der Waals surface area contributed by atoms with Crippen LogP contribution in [0.2, 0.25) is 0 Å². The number of aromatic nitrogens is 2. The molecule has 74 valence electrons. The predicted molar refractivity (Wildman–Crippen MR) is 58.5 cm³/mol. The minimum absolute atomic E-state index is 0.686. The van der Waals surface area contributed by atoms with Gasteiger partial charge in [-0.25, -0.2) is 4.98 Å². The van der Waals surface area contributed by atoms with Crippen molar-refractivity contribution >= 4 is 11.8 Å². The van der Waals surface area contributed by atoms with Gasteiger partial charge in [0.2, 0.25) is 0 Å². The number of hydrogen-bond acceptors (Lipinski definition) is 3. The first-order valence-corrected chi connectivity index (χ1v) is 5.27.